The van der Waals surface area contributed by atoms with E-state index in [2.05, 4.69) is 0 Å². The second kappa shape index (κ2) is 5.88. The molecule has 3 atom stereocenters. The van der Waals surface area contributed by atoms with Crippen LogP contribution in [0.3, 0.4) is 0 Å². The van der Waals surface area contributed by atoms with Crippen molar-refractivity contribution in [3.05, 3.63) is 63.6 Å². The van der Waals surface area contributed by atoms with E-state index < -0.39 is 6.29 Å². The van der Waals surface area contributed by atoms with E-state index in [0.29, 0.717) is 18.0 Å². The summed E-state index contributed by atoms with van der Waals surface area (Å²) < 4.78 is 13.3. The van der Waals surface area contributed by atoms with E-state index in [9.17, 15) is 9.59 Å². The van der Waals surface area contributed by atoms with Gasteiger partial charge in [-0.25, -0.2) is 0 Å². The summed E-state index contributed by atoms with van der Waals surface area (Å²) in [5, 5.41) is 0.0346. The largest absolute Gasteiger partial charge is 0.344 e. The number of carbonyl (C=O) groups is 1. The summed E-state index contributed by atoms with van der Waals surface area (Å²) in [5.41, 5.74) is 2.24. The van der Waals surface area contributed by atoms with E-state index >= 15 is 0 Å². The van der Waals surface area contributed by atoms with E-state index in [4.69, 9.17) is 9.47 Å². The molecule has 6 heteroatoms. The average molecular weight is 343 g/mol. The molecule has 2 aromatic rings. The number of nitrogens with zero attached hydrogens (tertiary/aromatic N) is 1. The predicted octanol–water partition coefficient (Wildman–Crippen LogP) is 2.87. The third kappa shape index (κ3) is 2.25. The molecule has 2 aliphatic heterocycles. The van der Waals surface area contributed by atoms with Gasteiger partial charge in [-0.3, -0.25) is 14.2 Å². The third-order valence-corrected chi connectivity index (χ3v) is 5.56. The number of hydrogen-bond acceptors (Lipinski definition) is 5. The molecule has 0 spiro atoms. The summed E-state index contributed by atoms with van der Waals surface area (Å²) in [4.78, 5) is 25.0. The number of para-hydroxylation sites is 1. The number of carbonyl (C=O) groups excluding carboxylic acids is 1. The molecule has 24 heavy (non-hydrogen) atoms. The number of fused-ring (bicyclic) bond motifs is 4. The van der Waals surface area contributed by atoms with Crippen molar-refractivity contribution in [1.82, 2.24) is 4.57 Å². The number of Topliss-reactive ketones (excluding diaryl/α,β-unsaturated/α-hetero) is 1. The first kappa shape index (κ1) is 15.6. The number of benzene rings is 1. The molecule has 0 amide bonds. The van der Waals surface area contributed by atoms with Gasteiger partial charge in [0.25, 0.3) is 5.56 Å². The molecule has 0 N–H and O–H groups in total. The topological polar surface area (TPSA) is 57.5 Å². The Morgan fingerprint density at radius 3 is 2.71 bits per heavy atom. The second-order valence-corrected chi connectivity index (χ2v) is 6.91. The fourth-order valence-electron chi connectivity index (χ4n) is 3.41. The number of thioether (sulfide) groups is 1. The van der Waals surface area contributed by atoms with E-state index in [1.165, 1.54) is 6.92 Å². The highest BCUT2D eigenvalue weighted by Crippen LogP contribution is 2.47. The molecule has 3 heterocycles. The summed E-state index contributed by atoms with van der Waals surface area (Å²) >= 11 is 1.65. The van der Waals surface area contributed by atoms with Crippen molar-refractivity contribution in [1.29, 1.82) is 0 Å². The highest BCUT2D eigenvalue weighted by atomic mass is 32.2. The summed E-state index contributed by atoms with van der Waals surface area (Å²) in [6.45, 7) is 1.92. The number of pyridine rings is 1. The highest BCUT2D eigenvalue weighted by Gasteiger charge is 2.44. The van der Waals surface area contributed by atoms with Crippen molar-refractivity contribution in [2.75, 3.05) is 12.9 Å². The zero-order chi connectivity index (χ0) is 16.8. The van der Waals surface area contributed by atoms with Gasteiger partial charge in [-0.1, -0.05) is 18.2 Å². The monoisotopic (exact) mass is 343 g/mol. The van der Waals surface area contributed by atoms with Gasteiger partial charge in [-0.2, -0.15) is 11.8 Å². The van der Waals surface area contributed by atoms with Crippen LogP contribution in [0.25, 0.3) is 5.69 Å². The van der Waals surface area contributed by atoms with Gasteiger partial charge in [0.2, 0.25) is 0 Å². The van der Waals surface area contributed by atoms with Gasteiger partial charge >= 0.3 is 0 Å². The predicted molar refractivity (Wildman–Crippen MR) is 91.9 cm³/mol. The van der Waals surface area contributed by atoms with E-state index in [1.54, 1.807) is 22.4 Å². The van der Waals surface area contributed by atoms with Gasteiger partial charge in [0.15, 0.2) is 12.1 Å². The van der Waals surface area contributed by atoms with Gasteiger partial charge < -0.3 is 9.47 Å². The molecule has 1 aromatic carbocycles. The first-order valence-electron chi connectivity index (χ1n) is 7.78. The Labute approximate surface area is 143 Å². The van der Waals surface area contributed by atoms with Crippen LogP contribution in [-0.2, 0) is 9.47 Å². The average Bonchev–Trinajstić information content (AvgIpc) is 3.00. The van der Waals surface area contributed by atoms with Crippen LogP contribution in [0.15, 0.2) is 41.2 Å². The molecule has 2 aliphatic rings. The maximum Gasteiger partial charge on any atom is 0.266 e. The van der Waals surface area contributed by atoms with Crippen LogP contribution in [0.5, 0.6) is 0 Å². The Bertz CT molecular complexity index is 861. The number of rotatable bonds is 3. The standard InChI is InChI=1S/C18H17NO4S/c1-10(20)12-8-13-15(18-22-9-14(23-18)16(13)24-2)19(17(12)21)11-6-4-3-5-7-11/h3-8,14,16,18H,9H2,1-2H3/t14-,16+,18-/m1/s1. The van der Waals surface area contributed by atoms with Crippen LogP contribution in [0.1, 0.15) is 40.1 Å². The molecular weight excluding hydrogens is 326 g/mol. The molecule has 1 saturated heterocycles. The fourth-order valence-corrected chi connectivity index (χ4v) is 4.29. The minimum atomic E-state index is -0.567. The molecule has 1 fully saturated rings. The Morgan fingerprint density at radius 2 is 2.04 bits per heavy atom. The molecule has 2 bridgehead atoms. The second-order valence-electron chi connectivity index (χ2n) is 5.93. The van der Waals surface area contributed by atoms with Crippen LogP contribution < -0.4 is 5.56 Å². The maximum absolute atomic E-state index is 13.0. The molecule has 0 unspecified atom stereocenters. The Hall–Kier alpha value is -1.89. The minimum absolute atomic E-state index is 0.0346. The smallest absolute Gasteiger partial charge is 0.266 e. The summed E-state index contributed by atoms with van der Waals surface area (Å²) in [6, 6.07) is 11.0. The maximum atomic E-state index is 13.0. The van der Waals surface area contributed by atoms with Crippen LogP contribution in [0.4, 0.5) is 0 Å². The Morgan fingerprint density at radius 1 is 1.29 bits per heavy atom. The van der Waals surface area contributed by atoms with Gasteiger partial charge in [0, 0.05) is 5.69 Å². The quantitative estimate of drug-likeness (QED) is 0.802. The summed E-state index contributed by atoms with van der Waals surface area (Å²) in [6.07, 6.45) is 1.38. The lowest BCUT2D eigenvalue weighted by Gasteiger charge is -2.31. The molecule has 0 radical (unpaired) electrons. The van der Waals surface area contributed by atoms with Crippen molar-refractivity contribution >= 4 is 17.5 Å². The van der Waals surface area contributed by atoms with Gasteiger partial charge in [-0.05, 0) is 36.9 Å². The van der Waals surface area contributed by atoms with E-state index in [-0.39, 0.29) is 28.3 Å². The first-order chi connectivity index (χ1) is 11.6. The summed E-state index contributed by atoms with van der Waals surface area (Å²) in [7, 11) is 0. The highest BCUT2D eigenvalue weighted by molar-refractivity contribution is 7.98. The van der Waals surface area contributed by atoms with Gasteiger partial charge in [-0.15, -0.1) is 0 Å². The van der Waals surface area contributed by atoms with Gasteiger partial charge in [0.1, 0.15) is 6.10 Å². The Kier molecular flexibility index (Phi) is 3.83. The number of ketones is 1. The van der Waals surface area contributed by atoms with Crippen molar-refractivity contribution in [2.24, 2.45) is 0 Å². The van der Waals surface area contributed by atoms with E-state index in [1.807, 2.05) is 36.6 Å². The van der Waals surface area contributed by atoms with Crippen LogP contribution in [-0.4, -0.2) is 29.3 Å². The molecule has 4 rings (SSSR count). The number of ether oxygens (including phenoxy) is 2. The molecule has 0 saturated carbocycles. The van der Waals surface area contributed by atoms with E-state index in [0.717, 1.165) is 5.56 Å². The van der Waals surface area contributed by atoms with Crippen molar-refractivity contribution < 1.29 is 14.3 Å². The van der Waals surface area contributed by atoms with Crippen molar-refractivity contribution in [2.45, 2.75) is 24.6 Å². The zero-order valence-electron chi connectivity index (χ0n) is 13.4. The normalized spacial score (nSPS) is 24.7. The zero-order valence-corrected chi connectivity index (χ0v) is 14.2. The number of hydrogen-bond donors (Lipinski definition) is 0. The van der Waals surface area contributed by atoms with Crippen molar-refractivity contribution in [3.8, 4) is 5.69 Å². The SMILES string of the molecule is CS[C@H]1c2cc(C(C)=O)c(=O)n(-c3ccccc3)c2[C@@H]2OC[C@H]1O2. The van der Waals surface area contributed by atoms with Gasteiger partial charge in [0.05, 0.1) is 23.1 Å². The molecule has 0 aliphatic carbocycles. The first-order valence-corrected chi connectivity index (χ1v) is 9.06. The van der Waals surface area contributed by atoms with Crippen LogP contribution in [0, 0.1) is 0 Å². The lowest BCUT2D eigenvalue weighted by Crippen LogP contribution is -2.34. The summed E-state index contributed by atoms with van der Waals surface area (Å²) in [5.74, 6) is -0.230. The van der Waals surface area contributed by atoms with Crippen LogP contribution >= 0.6 is 11.8 Å². The van der Waals surface area contributed by atoms with Crippen LogP contribution in [0.2, 0.25) is 0 Å². The molecule has 1 aromatic heterocycles. The Balaban J connectivity index is 2.07. The number of aromatic nitrogens is 1. The molecular formula is C18H17NO4S. The minimum Gasteiger partial charge on any atom is -0.344 e. The lowest BCUT2D eigenvalue weighted by molar-refractivity contribution is -0.0733. The fraction of sp³-hybridized carbons (Fsp3) is 0.333. The molecule has 124 valence electrons. The third-order valence-electron chi connectivity index (χ3n) is 4.50. The lowest BCUT2D eigenvalue weighted by atomic mass is 9.99. The molecule has 5 nitrogen and oxygen atoms in total. The van der Waals surface area contributed by atoms with Crippen molar-refractivity contribution in [3.63, 3.8) is 0 Å².